The molecule has 6 heteroatoms. The standard InChI is InChI=1S/C19H32O6/c20-18-22-14-8-2-6-12-16(24-18)10-4-1-5-11-17-13-7-3-9-15-23-19(21)25-17/h16-17H,1-15H2. The molecule has 0 saturated carbocycles. The van der Waals surface area contributed by atoms with Crippen molar-refractivity contribution in [1.82, 2.24) is 0 Å². The molecule has 0 amide bonds. The molecule has 2 aliphatic rings. The third kappa shape index (κ3) is 8.98. The van der Waals surface area contributed by atoms with Crippen LogP contribution in [0.5, 0.6) is 0 Å². The highest BCUT2D eigenvalue weighted by atomic mass is 16.7. The number of ether oxygens (including phenoxy) is 4. The van der Waals surface area contributed by atoms with Gasteiger partial charge < -0.3 is 18.9 Å². The fraction of sp³-hybridized carbons (Fsp3) is 0.895. The van der Waals surface area contributed by atoms with Gasteiger partial charge in [-0.05, 0) is 77.0 Å². The lowest BCUT2D eigenvalue weighted by atomic mass is 10.0. The van der Waals surface area contributed by atoms with Crippen molar-refractivity contribution in [3.63, 3.8) is 0 Å². The largest absolute Gasteiger partial charge is 0.508 e. The summed E-state index contributed by atoms with van der Waals surface area (Å²) in [5, 5.41) is 0. The Labute approximate surface area is 150 Å². The molecule has 0 radical (unpaired) electrons. The first-order valence-corrected chi connectivity index (χ1v) is 9.91. The van der Waals surface area contributed by atoms with E-state index in [1.165, 1.54) is 0 Å². The Morgan fingerprint density at radius 1 is 0.640 bits per heavy atom. The second-order valence-corrected chi connectivity index (χ2v) is 7.01. The molecule has 0 bridgehead atoms. The third-order valence-corrected chi connectivity index (χ3v) is 4.86. The predicted molar refractivity (Wildman–Crippen MR) is 92.5 cm³/mol. The van der Waals surface area contributed by atoms with Crippen LogP contribution in [0.4, 0.5) is 9.59 Å². The van der Waals surface area contributed by atoms with Crippen LogP contribution in [-0.4, -0.2) is 37.7 Å². The molecule has 2 aliphatic heterocycles. The normalized spacial score (nSPS) is 26.2. The maximum Gasteiger partial charge on any atom is 0.508 e. The molecule has 0 N–H and O–H groups in total. The van der Waals surface area contributed by atoms with Gasteiger partial charge in [-0.25, -0.2) is 9.59 Å². The lowest BCUT2D eigenvalue weighted by molar-refractivity contribution is 0.0198. The highest BCUT2D eigenvalue weighted by molar-refractivity contribution is 5.60. The molecule has 0 aromatic rings. The Balaban J connectivity index is 1.60. The average Bonchev–Trinajstić information content (AvgIpc) is 2.75. The number of rotatable bonds is 6. The van der Waals surface area contributed by atoms with Crippen LogP contribution in [0.3, 0.4) is 0 Å². The lowest BCUT2D eigenvalue weighted by Crippen LogP contribution is -2.19. The highest BCUT2D eigenvalue weighted by Crippen LogP contribution is 2.20. The maximum atomic E-state index is 11.5. The zero-order chi connectivity index (χ0) is 17.7. The number of hydrogen-bond acceptors (Lipinski definition) is 6. The molecule has 0 aliphatic carbocycles. The smallest absolute Gasteiger partial charge is 0.434 e. The van der Waals surface area contributed by atoms with E-state index >= 15 is 0 Å². The van der Waals surface area contributed by atoms with Crippen molar-refractivity contribution in [3.8, 4) is 0 Å². The van der Waals surface area contributed by atoms with Crippen LogP contribution in [0.1, 0.15) is 83.5 Å². The Morgan fingerprint density at radius 3 is 1.60 bits per heavy atom. The zero-order valence-corrected chi connectivity index (χ0v) is 15.2. The molecular formula is C19H32O6. The topological polar surface area (TPSA) is 71.1 Å². The molecule has 2 fully saturated rings. The molecule has 2 rings (SSSR count). The molecule has 6 nitrogen and oxygen atoms in total. The second-order valence-electron chi connectivity index (χ2n) is 7.01. The van der Waals surface area contributed by atoms with Gasteiger partial charge in [-0.1, -0.05) is 6.42 Å². The minimum atomic E-state index is -0.524. The molecule has 0 aromatic heterocycles. The van der Waals surface area contributed by atoms with Crippen LogP contribution >= 0.6 is 0 Å². The van der Waals surface area contributed by atoms with E-state index in [4.69, 9.17) is 18.9 Å². The first-order valence-electron chi connectivity index (χ1n) is 9.91. The summed E-state index contributed by atoms with van der Waals surface area (Å²) < 4.78 is 20.8. The van der Waals surface area contributed by atoms with E-state index in [0.717, 1.165) is 83.5 Å². The van der Waals surface area contributed by atoms with Gasteiger partial charge in [0.15, 0.2) is 0 Å². The molecule has 2 saturated heterocycles. The van der Waals surface area contributed by atoms with Gasteiger partial charge in [0.2, 0.25) is 0 Å². The molecule has 0 spiro atoms. The van der Waals surface area contributed by atoms with Crippen LogP contribution in [-0.2, 0) is 18.9 Å². The summed E-state index contributed by atoms with van der Waals surface area (Å²) in [7, 11) is 0. The second kappa shape index (κ2) is 12.0. The van der Waals surface area contributed by atoms with E-state index in [-0.39, 0.29) is 12.2 Å². The Morgan fingerprint density at radius 2 is 1.12 bits per heavy atom. The highest BCUT2D eigenvalue weighted by Gasteiger charge is 2.19. The molecule has 144 valence electrons. The molecule has 2 atom stereocenters. The first-order chi connectivity index (χ1) is 12.2. The monoisotopic (exact) mass is 356 g/mol. The van der Waals surface area contributed by atoms with Gasteiger partial charge in [-0.3, -0.25) is 0 Å². The number of carbonyl (C=O) groups excluding carboxylic acids is 2. The van der Waals surface area contributed by atoms with Crippen molar-refractivity contribution in [3.05, 3.63) is 0 Å². The summed E-state index contributed by atoms with van der Waals surface area (Å²) in [6.45, 7) is 0.935. The van der Waals surface area contributed by atoms with Crippen LogP contribution in [0.25, 0.3) is 0 Å². The van der Waals surface area contributed by atoms with Gasteiger partial charge in [0, 0.05) is 0 Å². The molecular weight excluding hydrogens is 324 g/mol. The van der Waals surface area contributed by atoms with E-state index in [2.05, 4.69) is 0 Å². The minimum Gasteiger partial charge on any atom is -0.434 e. The molecule has 0 aromatic carbocycles. The Bertz CT molecular complexity index is 361. The van der Waals surface area contributed by atoms with Gasteiger partial charge in [0.05, 0.1) is 13.2 Å². The third-order valence-electron chi connectivity index (χ3n) is 4.86. The van der Waals surface area contributed by atoms with Crippen LogP contribution in [0.15, 0.2) is 0 Å². The van der Waals surface area contributed by atoms with Gasteiger partial charge in [-0.2, -0.15) is 0 Å². The van der Waals surface area contributed by atoms with Gasteiger partial charge in [0.1, 0.15) is 12.2 Å². The number of unbranched alkanes of at least 4 members (excludes halogenated alkanes) is 2. The predicted octanol–water partition coefficient (Wildman–Crippen LogP) is 5.13. The fourth-order valence-corrected chi connectivity index (χ4v) is 3.40. The summed E-state index contributed by atoms with van der Waals surface area (Å²) in [5.41, 5.74) is 0. The average molecular weight is 356 g/mol. The van der Waals surface area contributed by atoms with Gasteiger partial charge >= 0.3 is 12.3 Å². The molecule has 2 unspecified atom stereocenters. The fourth-order valence-electron chi connectivity index (χ4n) is 3.40. The van der Waals surface area contributed by atoms with Crippen molar-refractivity contribution < 1.29 is 28.5 Å². The van der Waals surface area contributed by atoms with Crippen LogP contribution < -0.4 is 0 Å². The minimum absolute atomic E-state index is 0.0262. The first kappa shape index (κ1) is 19.9. The summed E-state index contributed by atoms with van der Waals surface area (Å²) in [4.78, 5) is 23.0. The van der Waals surface area contributed by atoms with Crippen molar-refractivity contribution in [2.24, 2.45) is 0 Å². The van der Waals surface area contributed by atoms with Crippen molar-refractivity contribution >= 4 is 12.3 Å². The quantitative estimate of drug-likeness (QED) is 0.485. The Hall–Kier alpha value is -1.46. The van der Waals surface area contributed by atoms with E-state index in [1.54, 1.807) is 0 Å². The summed E-state index contributed by atoms with van der Waals surface area (Å²) in [5.74, 6) is 0. The van der Waals surface area contributed by atoms with E-state index in [9.17, 15) is 9.59 Å². The maximum absolute atomic E-state index is 11.5. The number of cyclic esters (lactones) is 4. The van der Waals surface area contributed by atoms with Crippen molar-refractivity contribution in [1.29, 1.82) is 0 Å². The van der Waals surface area contributed by atoms with Crippen molar-refractivity contribution in [2.45, 2.75) is 95.7 Å². The summed E-state index contributed by atoms with van der Waals surface area (Å²) >= 11 is 0. The molecule has 25 heavy (non-hydrogen) atoms. The SMILES string of the molecule is O=C1OCCCCCC(CCCCCC2CCCCCOC(=O)O2)O1. The van der Waals surface area contributed by atoms with Crippen molar-refractivity contribution in [2.75, 3.05) is 13.2 Å². The van der Waals surface area contributed by atoms with Gasteiger partial charge in [0.25, 0.3) is 0 Å². The zero-order valence-electron chi connectivity index (χ0n) is 15.2. The Kier molecular flexibility index (Phi) is 9.52. The van der Waals surface area contributed by atoms with Crippen LogP contribution in [0, 0.1) is 0 Å². The van der Waals surface area contributed by atoms with Gasteiger partial charge in [-0.15, -0.1) is 0 Å². The van der Waals surface area contributed by atoms with E-state index in [0.29, 0.717) is 13.2 Å². The van der Waals surface area contributed by atoms with E-state index in [1.807, 2.05) is 0 Å². The number of carbonyl (C=O) groups is 2. The van der Waals surface area contributed by atoms with E-state index < -0.39 is 12.3 Å². The summed E-state index contributed by atoms with van der Waals surface area (Å²) in [6.07, 6.45) is 11.7. The summed E-state index contributed by atoms with van der Waals surface area (Å²) in [6, 6.07) is 0. The van der Waals surface area contributed by atoms with Crippen LogP contribution in [0.2, 0.25) is 0 Å². The number of hydrogen-bond donors (Lipinski definition) is 0. The molecule has 2 heterocycles. The lowest BCUT2D eigenvalue weighted by Gasteiger charge is -2.17.